The Labute approximate surface area is 152 Å². The first-order valence-corrected chi connectivity index (χ1v) is 8.97. The quantitative estimate of drug-likeness (QED) is 0.682. The monoisotopic (exact) mass is 398 g/mol. The molecule has 1 rings (SSSR count). The Bertz CT molecular complexity index is 538. The Morgan fingerprint density at radius 3 is 2.38 bits per heavy atom. The Morgan fingerprint density at radius 2 is 1.83 bits per heavy atom. The van der Waals surface area contributed by atoms with Crippen LogP contribution in [-0.2, 0) is 9.59 Å². The number of amides is 2. The van der Waals surface area contributed by atoms with Crippen LogP contribution in [-0.4, -0.2) is 41.9 Å². The van der Waals surface area contributed by atoms with Crippen molar-refractivity contribution in [2.24, 2.45) is 0 Å². The van der Waals surface area contributed by atoms with Crippen LogP contribution >= 0.6 is 15.9 Å². The van der Waals surface area contributed by atoms with E-state index in [-0.39, 0.29) is 23.9 Å². The Balaban J connectivity index is 2.33. The molecule has 0 radical (unpaired) electrons. The second-order valence-corrected chi connectivity index (χ2v) is 7.53. The third-order valence-corrected chi connectivity index (χ3v) is 3.73. The summed E-state index contributed by atoms with van der Waals surface area (Å²) >= 11 is 3.37. The summed E-state index contributed by atoms with van der Waals surface area (Å²) in [6.45, 7) is 8.72. The largest absolute Gasteiger partial charge is 0.494 e. The summed E-state index contributed by atoms with van der Waals surface area (Å²) in [6.07, 6.45) is 0.986. The van der Waals surface area contributed by atoms with Gasteiger partial charge in [-0.2, -0.15) is 0 Å². The average molecular weight is 399 g/mol. The van der Waals surface area contributed by atoms with E-state index in [1.54, 1.807) is 4.90 Å². The molecule has 6 heteroatoms. The molecule has 0 aliphatic rings. The van der Waals surface area contributed by atoms with Gasteiger partial charge in [-0.05, 0) is 58.4 Å². The number of carbonyl (C=O) groups is 2. The van der Waals surface area contributed by atoms with Crippen LogP contribution in [0.2, 0.25) is 0 Å². The first-order chi connectivity index (χ1) is 11.2. The third-order valence-electron chi connectivity index (χ3n) is 3.20. The summed E-state index contributed by atoms with van der Waals surface area (Å²) in [4.78, 5) is 25.7. The van der Waals surface area contributed by atoms with Crippen LogP contribution in [0.3, 0.4) is 0 Å². The fraction of sp³-hybridized carbons (Fsp3) is 0.556. The van der Waals surface area contributed by atoms with Crippen molar-refractivity contribution in [2.75, 3.05) is 19.7 Å². The molecule has 0 bridgehead atoms. The van der Waals surface area contributed by atoms with Crippen molar-refractivity contribution < 1.29 is 14.3 Å². The second-order valence-electron chi connectivity index (χ2n) is 6.61. The number of hydrogen-bond acceptors (Lipinski definition) is 3. The lowest BCUT2D eigenvalue weighted by Crippen LogP contribution is -2.47. The maximum Gasteiger partial charge on any atom is 0.240 e. The van der Waals surface area contributed by atoms with Crippen molar-refractivity contribution in [2.45, 2.75) is 46.1 Å². The highest BCUT2D eigenvalue weighted by molar-refractivity contribution is 9.10. The lowest BCUT2D eigenvalue weighted by atomic mass is 10.1. The van der Waals surface area contributed by atoms with Gasteiger partial charge in [0.2, 0.25) is 11.8 Å². The van der Waals surface area contributed by atoms with E-state index in [1.165, 1.54) is 0 Å². The van der Waals surface area contributed by atoms with E-state index >= 15 is 0 Å². The zero-order valence-electron chi connectivity index (χ0n) is 14.9. The summed E-state index contributed by atoms with van der Waals surface area (Å²) in [5.41, 5.74) is -0.294. The summed E-state index contributed by atoms with van der Waals surface area (Å²) in [5, 5.41) is 2.87. The zero-order valence-corrected chi connectivity index (χ0v) is 16.5. The Morgan fingerprint density at radius 1 is 1.21 bits per heavy atom. The van der Waals surface area contributed by atoms with Crippen molar-refractivity contribution in [1.29, 1.82) is 0 Å². The number of halogens is 1. The van der Waals surface area contributed by atoms with Crippen LogP contribution in [0.25, 0.3) is 0 Å². The molecule has 0 fully saturated rings. The number of nitrogens with zero attached hydrogens (tertiary/aromatic N) is 1. The molecule has 1 aromatic rings. The maximum absolute atomic E-state index is 12.2. The summed E-state index contributed by atoms with van der Waals surface area (Å²) in [7, 11) is 0. The van der Waals surface area contributed by atoms with Crippen LogP contribution in [0.4, 0.5) is 0 Å². The third kappa shape index (κ3) is 8.34. The molecule has 0 atom stereocenters. The molecule has 0 spiro atoms. The van der Waals surface area contributed by atoms with Gasteiger partial charge < -0.3 is 15.0 Å². The van der Waals surface area contributed by atoms with E-state index in [2.05, 4.69) is 21.2 Å². The molecule has 0 saturated heterocycles. The maximum atomic E-state index is 12.2. The standard InChI is InChI=1S/C18H27BrN2O3/c1-5-21(13-16(22)20-18(2,3)4)17(23)7-6-12-24-15-10-8-14(19)9-11-15/h8-11H,5-7,12-13H2,1-4H3,(H,20,22). The van der Waals surface area contributed by atoms with Crippen molar-refractivity contribution in [3.05, 3.63) is 28.7 Å². The fourth-order valence-electron chi connectivity index (χ4n) is 2.11. The molecule has 0 aromatic heterocycles. The number of likely N-dealkylation sites (N-methyl/N-ethyl adjacent to an activating group) is 1. The van der Waals surface area contributed by atoms with Crippen molar-refractivity contribution in [1.82, 2.24) is 10.2 Å². The molecule has 1 N–H and O–H groups in total. The van der Waals surface area contributed by atoms with Gasteiger partial charge in [-0.15, -0.1) is 0 Å². The summed E-state index contributed by atoms with van der Waals surface area (Å²) < 4.78 is 6.60. The molecule has 1 aromatic carbocycles. The highest BCUT2D eigenvalue weighted by atomic mass is 79.9. The first-order valence-electron chi connectivity index (χ1n) is 8.18. The Hall–Kier alpha value is -1.56. The van der Waals surface area contributed by atoms with E-state index in [0.717, 1.165) is 10.2 Å². The molecular weight excluding hydrogens is 372 g/mol. The highest BCUT2D eigenvalue weighted by Gasteiger charge is 2.19. The SMILES string of the molecule is CCN(CC(=O)NC(C)(C)C)C(=O)CCCOc1ccc(Br)cc1. The zero-order chi connectivity index (χ0) is 18.2. The van der Waals surface area contributed by atoms with Gasteiger partial charge >= 0.3 is 0 Å². The number of benzene rings is 1. The van der Waals surface area contributed by atoms with E-state index in [0.29, 0.717) is 26.0 Å². The number of carbonyl (C=O) groups excluding carboxylic acids is 2. The molecule has 0 unspecified atom stereocenters. The number of nitrogens with one attached hydrogen (secondary N) is 1. The minimum Gasteiger partial charge on any atom is -0.494 e. The second kappa shape index (κ2) is 9.67. The van der Waals surface area contributed by atoms with Crippen LogP contribution in [0.15, 0.2) is 28.7 Å². The van der Waals surface area contributed by atoms with Gasteiger partial charge in [-0.3, -0.25) is 9.59 Å². The minimum absolute atomic E-state index is 0.0269. The predicted octanol–water partition coefficient (Wildman–Crippen LogP) is 3.37. The Kier molecular flexibility index (Phi) is 8.25. The summed E-state index contributed by atoms with van der Waals surface area (Å²) in [6, 6.07) is 7.57. The molecule has 134 valence electrons. The van der Waals surface area contributed by atoms with E-state index in [1.807, 2.05) is 52.0 Å². The van der Waals surface area contributed by atoms with Gasteiger partial charge in [-0.25, -0.2) is 0 Å². The van der Waals surface area contributed by atoms with Crippen LogP contribution < -0.4 is 10.1 Å². The molecule has 0 saturated carbocycles. The van der Waals surface area contributed by atoms with Crippen molar-refractivity contribution in [3.63, 3.8) is 0 Å². The van der Waals surface area contributed by atoms with E-state index < -0.39 is 0 Å². The van der Waals surface area contributed by atoms with Gasteiger partial charge in [-0.1, -0.05) is 15.9 Å². The van der Waals surface area contributed by atoms with Gasteiger partial charge in [0.1, 0.15) is 5.75 Å². The molecule has 24 heavy (non-hydrogen) atoms. The van der Waals surface area contributed by atoms with Gasteiger partial charge in [0.15, 0.2) is 0 Å². The molecule has 5 nitrogen and oxygen atoms in total. The van der Waals surface area contributed by atoms with Gasteiger partial charge in [0.25, 0.3) is 0 Å². The number of rotatable bonds is 8. The summed E-state index contributed by atoms with van der Waals surface area (Å²) in [5.74, 6) is 0.618. The average Bonchev–Trinajstić information content (AvgIpc) is 2.49. The lowest BCUT2D eigenvalue weighted by molar-refractivity contribution is -0.136. The fourth-order valence-corrected chi connectivity index (χ4v) is 2.37. The van der Waals surface area contributed by atoms with Crippen LogP contribution in [0, 0.1) is 0 Å². The van der Waals surface area contributed by atoms with E-state index in [4.69, 9.17) is 4.74 Å². The van der Waals surface area contributed by atoms with Crippen molar-refractivity contribution in [3.8, 4) is 5.75 Å². The molecule has 0 aliphatic carbocycles. The number of hydrogen-bond donors (Lipinski definition) is 1. The van der Waals surface area contributed by atoms with E-state index in [9.17, 15) is 9.59 Å². The topological polar surface area (TPSA) is 58.6 Å². The molecular formula is C18H27BrN2O3. The number of ether oxygens (including phenoxy) is 1. The van der Waals surface area contributed by atoms with Gasteiger partial charge in [0.05, 0.1) is 13.2 Å². The molecule has 0 heterocycles. The normalized spacial score (nSPS) is 11.0. The van der Waals surface area contributed by atoms with Crippen LogP contribution in [0.1, 0.15) is 40.5 Å². The van der Waals surface area contributed by atoms with Crippen LogP contribution in [0.5, 0.6) is 5.75 Å². The molecule has 2 amide bonds. The smallest absolute Gasteiger partial charge is 0.240 e. The lowest BCUT2D eigenvalue weighted by Gasteiger charge is -2.25. The first kappa shape index (κ1) is 20.5. The molecule has 0 aliphatic heterocycles. The predicted molar refractivity (Wildman–Crippen MR) is 99.0 cm³/mol. The minimum atomic E-state index is -0.294. The van der Waals surface area contributed by atoms with Gasteiger partial charge in [0, 0.05) is 23.0 Å². The highest BCUT2D eigenvalue weighted by Crippen LogP contribution is 2.16. The van der Waals surface area contributed by atoms with Crippen molar-refractivity contribution >= 4 is 27.7 Å².